The van der Waals surface area contributed by atoms with Crippen molar-refractivity contribution in [3.63, 3.8) is 0 Å². The molecule has 9 rings (SSSR count). The summed E-state index contributed by atoms with van der Waals surface area (Å²) in [5, 5.41) is 2.77. The number of ether oxygens (including phenoxy) is 2. The van der Waals surface area contributed by atoms with Crippen molar-refractivity contribution in [2.75, 3.05) is 80.9 Å². The number of benzene rings is 4. The van der Waals surface area contributed by atoms with Crippen LogP contribution in [0, 0.1) is 6.92 Å². The number of nitrogens with one attached hydrogen (secondary N) is 2. The van der Waals surface area contributed by atoms with Gasteiger partial charge in [-0.15, -0.1) is 11.3 Å². The van der Waals surface area contributed by atoms with Gasteiger partial charge in [-0.1, -0.05) is 36.4 Å². The molecule has 4 aromatic carbocycles. The molecule has 0 saturated carbocycles. The van der Waals surface area contributed by atoms with Crippen LogP contribution in [0.25, 0.3) is 16.5 Å². The number of carbonyl (C=O) groups excluding carboxylic acids is 2. The average molecular weight is 1060 g/mol. The molecule has 0 radical (unpaired) electrons. The average Bonchev–Trinajstić information content (AvgIpc) is 3.87. The Bertz CT molecular complexity index is 3510. The second kappa shape index (κ2) is 21.8. The van der Waals surface area contributed by atoms with Crippen LogP contribution in [0.2, 0.25) is 0 Å². The van der Waals surface area contributed by atoms with E-state index < -0.39 is 20.0 Å². The summed E-state index contributed by atoms with van der Waals surface area (Å²) >= 11 is 1.63. The molecule has 2 fully saturated rings. The number of thiazole rings is 1. The van der Waals surface area contributed by atoms with Crippen molar-refractivity contribution in [2.24, 2.45) is 4.99 Å². The molecule has 2 aliphatic heterocycles. The number of aryl methyl sites for hydroxylation is 1. The lowest BCUT2D eigenvalue weighted by Crippen LogP contribution is -2.48. The number of sulfonamides is 2. The van der Waals surface area contributed by atoms with Crippen molar-refractivity contribution in [3.05, 3.63) is 155 Å². The van der Waals surface area contributed by atoms with E-state index in [4.69, 9.17) is 14.5 Å². The number of pyridine rings is 2. The van der Waals surface area contributed by atoms with Gasteiger partial charge < -0.3 is 24.2 Å². The van der Waals surface area contributed by atoms with E-state index in [2.05, 4.69) is 40.9 Å². The number of allylic oxidation sites excluding steroid dienone is 1. The van der Waals surface area contributed by atoms with Gasteiger partial charge in [-0.05, 0) is 92.9 Å². The fraction of sp³-hybridized carbons (Fsp3) is 0.245. The molecule has 18 nitrogen and oxygen atoms in total. The van der Waals surface area contributed by atoms with Gasteiger partial charge in [0.2, 0.25) is 0 Å². The summed E-state index contributed by atoms with van der Waals surface area (Å²) in [5.41, 5.74) is 4.26. The number of piperazine rings is 2. The Balaban J connectivity index is 0.823. The standard InChI is InChI=1S/C53H54N10O8S3/c1-6-41(42-12-8-14-48(51(42)54-3)73(66,67)58-40-18-15-37(16-19-40)52(64)63-28-26-61(27-29-63)49-33-56-35(2)72-49)39-31-46(71-5)44(57-32-39)34-60-22-24-62(25-23-60)53(65)38-17-20-43(45(30-38)70-4)59-74(68,69)47-13-7-10-36-11-9-21-55-50(36)47/h6-21,30-33,58-59H,3,22-29,34H2,1-2,4-5H3/b41-6-. The summed E-state index contributed by atoms with van der Waals surface area (Å²) < 4.78 is 71.7. The summed E-state index contributed by atoms with van der Waals surface area (Å²) in [5.74, 6) is 0.371. The van der Waals surface area contributed by atoms with Crippen molar-refractivity contribution in [1.82, 2.24) is 29.7 Å². The van der Waals surface area contributed by atoms with E-state index >= 15 is 0 Å². The third-order valence-electron chi connectivity index (χ3n) is 13.0. The van der Waals surface area contributed by atoms with Gasteiger partial charge in [0, 0.05) is 105 Å². The Hall–Kier alpha value is -7.72. The van der Waals surface area contributed by atoms with Gasteiger partial charge in [-0.25, -0.2) is 21.8 Å². The lowest BCUT2D eigenvalue weighted by atomic mass is 9.97. The molecule has 0 bridgehead atoms. The maximum atomic E-state index is 14.0. The van der Waals surface area contributed by atoms with Gasteiger partial charge in [0.1, 0.15) is 26.3 Å². The molecule has 0 aliphatic carbocycles. The highest BCUT2D eigenvalue weighted by Crippen LogP contribution is 2.38. The number of anilines is 3. The van der Waals surface area contributed by atoms with E-state index in [1.807, 2.05) is 32.2 Å². The fourth-order valence-electron chi connectivity index (χ4n) is 9.12. The lowest BCUT2D eigenvalue weighted by molar-refractivity contribution is 0.0625. The number of fused-ring (bicyclic) bond motifs is 1. The molecule has 2 aliphatic rings. The van der Waals surface area contributed by atoms with Crippen LogP contribution in [0.1, 0.15) is 49.5 Å². The maximum absolute atomic E-state index is 14.0. The van der Waals surface area contributed by atoms with Crippen molar-refractivity contribution in [3.8, 4) is 11.5 Å². The summed E-state index contributed by atoms with van der Waals surface area (Å²) in [6.45, 7) is 12.5. The van der Waals surface area contributed by atoms with Crippen molar-refractivity contribution >= 4 is 88.5 Å². The Labute approximate surface area is 434 Å². The smallest absolute Gasteiger partial charge is 0.264 e. The predicted molar refractivity (Wildman–Crippen MR) is 288 cm³/mol. The van der Waals surface area contributed by atoms with Gasteiger partial charge in [-0.2, -0.15) is 0 Å². The van der Waals surface area contributed by atoms with Crippen molar-refractivity contribution in [2.45, 2.75) is 30.2 Å². The largest absolute Gasteiger partial charge is 0.495 e. The topological polar surface area (TPSA) is 209 Å². The number of methoxy groups -OCH3 is 2. The van der Waals surface area contributed by atoms with Crippen LogP contribution >= 0.6 is 11.3 Å². The van der Waals surface area contributed by atoms with E-state index in [-0.39, 0.29) is 44.4 Å². The number of hydrogen-bond acceptors (Lipinski definition) is 15. The molecule has 0 unspecified atom stereocenters. The van der Waals surface area contributed by atoms with Gasteiger partial charge in [0.15, 0.2) is 0 Å². The summed E-state index contributed by atoms with van der Waals surface area (Å²) in [4.78, 5) is 52.7. The molecular weight excluding hydrogens is 1000 g/mol. The van der Waals surface area contributed by atoms with E-state index in [1.54, 1.807) is 101 Å². The zero-order valence-corrected chi connectivity index (χ0v) is 43.6. The second-order valence-electron chi connectivity index (χ2n) is 17.5. The molecule has 3 aromatic heterocycles. The minimum Gasteiger partial charge on any atom is -0.495 e. The maximum Gasteiger partial charge on any atom is 0.264 e. The number of hydrogen-bond donors (Lipinski definition) is 2. The minimum atomic E-state index is -4.19. The highest BCUT2D eigenvalue weighted by Gasteiger charge is 2.28. The molecule has 0 atom stereocenters. The molecule has 2 saturated heterocycles. The molecule has 7 aromatic rings. The summed E-state index contributed by atoms with van der Waals surface area (Å²) in [6, 6.07) is 26.2. The zero-order valence-electron chi connectivity index (χ0n) is 41.2. The van der Waals surface area contributed by atoms with Gasteiger partial charge >= 0.3 is 0 Å². The van der Waals surface area contributed by atoms with E-state index in [9.17, 15) is 26.4 Å². The number of para-hydroxylation sites is 2. The van der Waals surface area contributed by atoms with E-state index in [1.165, 1.54) is 37.6 Å². The first-order valence-corrected chi connectivity index (χ1v) is 27.4. The first-order valence-electron chi connectivity index (χ1n) is 23.7. The molecule has 2 N–H and O–H groups in total. The van der Waals surface area contributed by atoms with Crippen LogP contribution in [0.3, 0.4) is 0 Å². The predicted octanol–water partition coefficient (Wildman–Crippen LogP) is 7.72. The highest BCUT2D eigenvalue weighted by atomic mass is 32.2. The Morgan fingerprint density at radius 1 is 0.716 bits per heavy atom. The Morgan fingerprint density at radius 3 is 2.03 bits per heavy atom. The third kappa shape index (κ3) is 10.8. The molecular formula is C53H54N10O8S3. The fourth-order valence-corrected chi connectivity index (χ4v) is 12.4. The van der Waals surface area contributed by atoms with Gasteiger partial charge in [0.05, 0.1) is 48.0 Å². The normalized spacial score (nSPS) is 14.7. The lowest BCUT2D eigenvalue weighted by Gasteiger charge is -2.35. The molecule has 5 heterocycles. The first-order chi connectivity index (χ1) is 35.7. The quantitative estimate of drug-likeness (QED) is 0.0890. The third-order valence-corrected chi connectivity index (χ3v) is 16.8. The number of aromatic nitrogens is 3. The van der Waals surface area contributed by atoms with Crippen LogP contribution in [-0.4, -0.2) is 132 Å². The molecule has 382 valence electrons. The van der Waals surface area contributed by atoms with Crippen molar-refractivity contribution in [1.29, 1.82) is 0 Å². The molecule has 0 spiro atoms. The Morgan fingerprint density at radius 2 is 1.35 bits per heavy atom. The number of nitrogens with zero attached hydrogens (tertiary/aromatic N) is 8. The van der Waals surface area contributed by atoms with E-state index in [0.29, 0.717) is 109 Å². The van der Waals surface area contributed by atoms with E-state index in [0.717, 1.165) is 10.0 Å². The van der Waals surface area contributed by atoms with Gasteiger partial charge in [0.25, 0.3) is 31.9 Å². The molecule has 74 heavy (non-hydrogen) atoms. The van der Waals surface area contributed by atoms with Crippen LogP contribution in [-0.2, 0) is 26.6 Å². The monoisotopic (exact) mass is 1050 g/mol. The van der Waals surface area contributed by atoms with Crippen LogP contribution < -0.4 is 23.8 Å². The van der Waals surface area contributed by atoms with Crippen molar-refractivity contribution < 1.29 is 35.9 Å². The van der Waals surface area contributed by atoms with Crippen LogP contribution in [0.15, 0.2) is 137 Å². The second-order valence-corrected chi connectivity index (χ2v) is 22.0. The number of aliphatic imine (C=N–C) groups is 1. The molecule has 2 amide bonds. The summed E-state index contributed by atoms with van der Waals surface area (Å²) in [7, 11) is -5.28. The number of rotatable bonds is 16. The number of carbonyl (C=O) groups is 2. The summed E-state index contributed by atoms with van der Waals surface area (Å²) in [6.07, 6.45) is 6.96. The zero-order chi connectivity index (χ0) is 52.1. The highest BCUT2D eigenvalue weighted by molar-refractivity contribution is 7.93. The number of amides is 2. The SMILES string of the molecule is C=Nc1c(/C(=C\C)c2cnc(CN3CCN(C(=O)c4ccc(NS(=O)(=O)c5cccc6cccnc56)c(OC)c4)CC3)c(OC)c2)cccc1S(=O)(=O)Nc1ccc(C(=O)N2CCN(c3cnc(C)s3)CC2)cc1. The first kappa shape index (κ1) is 51.2. The molecule has 21 heteroatoms. The Kier molecular flexibility index (Phi) is 15.1. The van der Waals surface area contributed by atoms with Crippen LogP contribution in [0.5, 0.6) is 11.5 Å². The van der Waals surface area contributed by atoms with Gasteiger partial charge in [-0.3, -0.25) is 38.9 Å². The minimum absolute atomic E-state index is 0.0202. The van der Waals surface area contributed by atoms with Crippen LogP contribution in [0.4, 0.5) is 22.1 Å².